The molecule has 0 spiro atoms. The zero-order chi connectivity index (χ0) is 17.6. The number of thioether (sulfide) groups is 1. The number of benzene rings is 1. The van der Waals surface area contributed by atoms with Gasteiger partial charge in [-0.2, -0.15) is 0 Å². The summed E-state index contributed by atoms with van der Waals surface area (Å²) < 4.78 is 7.50. The SMILES string of the molecule is COc1ccc(-c2nnc(SCCC(N)=O)n2C2CCCCC2)cc1. The molecule has 0 bridgehead atoms. The van der Waals surface area contributed by atoms with E-state index in [9.17, 15) is 4.79 Å². The maximum Gasteiger partial charge on any atom is 0.218 e. The zero-order valence-electron chi connectivity index (χ0n) is 14.5. The number of hydrogen-bond acceptors (Lipinski definition) is 5. The van der Waals surface area contributed by atoms with E-state index in [1.54, 1.807) is 18.9 Å². The Kier molecular flexibility index (Phi) is 5.96. The van der Waals surface area contributed by atoms with Crippen molar-refractivity contribution in [3.8, 4) is 17.1 Å². The summed E-state index contributed by atoms with van der Waals surface area (Å²) in [4.78, 5) is 11.0. The number of primary amides is 1. The summed E-state index contributed by atoms with van der Waals surface area (Å²) in [5.74, 6) is 2.05. The Labute approximate surface area is 152 Å². The molecule has 6 nitrogen and oxygen atoms in total. The third kappa shape index (κ3) is 4.34. The van der Waals surface area contributed by atoms with Crippen LogP contribution in [-0.2, 0) is 4.79 Å². The normalized spacial score (nSPS) is 15.2. The number of aromatic nitrogens is 3. The minimum Gasteiger partial charge on any atom is -0.497 e. The van der Waals surface area contributed by atoms with Crippen molar-refractivity contribution in [2.24, 2.45) is 5.73 Å². The Morgan fingerprint density at radius 2 is 1.96 bits per heavy atom. The van der Waals surface area contributed by atoms with Crippen molar-refractivity contribution >= 4 is 17.7 Å². The zero-order valence-corrected chi connectivity index (χ0v) is 15.3. The van der Waals surface area contributed by atoms with E-state index >= 15 is 0 Å². The number of rotatable bonds is 7. The summed E-state index contributed by atoms with van der Waals surface area (Å²) in [5.41, 5.74) is 6.28. The Morgan fingerprint density at radius 3 is 2.60 bits per heavy atom. The lowest BCUT2D eigenvalue weighted by Crippen LogP contribution is -2.16. The second-order valence-electron chi connectivity index (χ2n) is 6.26. The highest BCUT2D eigenvalue weighted by molar-refractivity contribution is 7.99. The molecule has 134 valence electrons. The molecule has 0 unspecified atom stereocenters. The molecule has 1 saturated carbocycles. The van der Waals surface area contributed by atoms with Crippen LogP contribution in [0.25, 0.3) is 11.4 Å². The maximum atomic E-state index is 11.0. The molecule has 0 radical (unpaired) electrons. The fourth-order valence-electron chi connectivity index (χ4n) is 3.22. The van der Waals surface area contributed by atoms with Crippen LogP contribution in [0.5, 0.6) is 5.75 Å². The van der Waals surface area contributed by atoms with Crippen molar-refractivity contribution in [2.45, 2.75) is 49.7 Å². The first-order chi connectivity index (χ1) is 12.2. The molecule has 2 N–H and O–H groups in total. The van der Waals surface area contributed by atoms with Gasteiger partial charge in [0, 0.05) is 23.8 Å². The molecule has 7 heteroatoms. The van der Waals surface area contributed by atoms with Gasteiger partial charge in [0.1, 0.15) is 5.75 Å². The molecule has 1 aromatic carbocycles. The van der Waals surface area contributed by atoms with Gasteiger partial charge in [0.2, 0.25) is 5.91 Å². The summed E-state index contributed by atoms with van der Waals surface area (Å²) in [6.07, 6.45) is 6.39. The third-order valence-corrected chi connectivity index (χ3v) is 5.48. The Morgan fingerprint density at radius 1 is 1.24 bits per heavy atom. The summed E-state index contributed by atoms with van der Waals surface area (Å²) in [7, 11) is 1.66. The molecule has 1 aliphatic carbocycles. The molecule has 1 fully saturated rings. The van der Waals surface area contributed by atoms with Crippen LogP contribution < -0.4 is 10.5 Å². The van der Waals surface area contributed by atoms with Crippen LogP contribution >= 0.6 is 11.8 Å². The number of amides is 1. The van der Waals surface area contributed by atoms with Gasteiger partial charge >= 0.3 is 0 Å². The Balaban J connectivity index is 1.90. The standard InChI is InChI=1S/C18H24N4O2S/c1-24-15-9-7-13(8-10-15)17-20-21-18(25-12-11-16(19)23)22(17)14-5-3-2-4-6-14/h7-10,14H,2-6,11-12H2,1H3,(H2,19,23). The van der Waals surface area contributed by atoms with E-state index in [0.29, 0.717) is 18.2 Å². The first kappa shape index (κ1) is 17.8. The van der Waals surface area contributed by atoms with Gasteiger partial charge in [0.25, 0.3) is 0 Å². The van der Waals surface area contributed by atoms with Crippen molar-refractivity contribution in [3.63, 3.8) is 0 Å². The van der Waals surface area contributed by atoms with Gasteiger partial charge in [-0.25, -0.2) is 0 Å². The molecule has 1 amide bonds. The van der Waals surface area contributed by atoms with Crippen LogP contribution in [0.4, 0.5) is 0 Å². The molecule has 0 atom stereocenters. The number of hydrogen-bond donors (Lipinski definition) is 1. The van der Waals surface area contributed by atoms with E-state index in [0.717, 1.165) is 35.1 Å². The number of nitrogens with zero attached hydrogens (tertiary/aromatic N) is 3. The first-order valence-corrected chi connectivity index (χ1v) is 9.68. The van der Waals surface area contributed by atoms with Gasteiger partial charge in [-0.05, 0) is 37.1 Å². The number of carbonyl (C=O) groups is 1. The smallest absolute Gasteiger partial charge is 0.218 e. The van der Waals surface area contributed by atoms with E-state index in [1.165, 1.54) is 19.3 Å². The molecule has 0 aliphatic heterocycles. The predicted molar refractivity (Wildman–Crippen MR) is 98.7 cm³/mol. The average Bonchev–Trinajstić information content (AvgIpc) is 3.06. The van der Waals surface area contributed by atoms with Crippen molar-refractivity contribution in [1.82, 2.24) is 14.8 Å². The van der Waals surface area contributed by atoms with Crippen molar-refractivity contribution in [3.05, 3.63) is 24.3 Å². The van der Waals surface area contributed by atoms with Crippen LogP contribution in [0.15, 0.2) is 29.4 Å². The third-order valence-electron chi connectivity index (χ3n) is 4.53. The molecular weight excluding hydrogens is 336 g/mol. The van der Waals surface area contributed by atoms with E-state index in [4.69, 9.17) is 10.5 Å². The lowest BCUT2D eigenvalue weighted by molar-refractivity contribution is -0.117. The van der Waals surface area contributed by atoms with Gasteiger partial charge < -0.3 is 10.5 Å². The van der Waals surface area contributed by atoms with E-state index in [1.807, 2.05) is 24.3 Å². The van der Waals surface area contributed by atoms with Gasteiger partial charge in [0.15, 0.2) is 11.0 Å². The summed E-state index contributed by atoms with van der Waals surface area (Å²) in [5, 5.41) is 9.72. The monoisotopic (exact) mass is 360 g/mol. The molecule has 2 aromatic rings. The van der Waals surface area contributed by atoms with Gasteiger partial charge in [0.05, 0.1) is 7.11 Å². The van der Waals surface area contributed by atoms with Gasteiger partial charge in [-0.15, -0.1) is 10.2 Å². The fourth-order valence-corrected chi connectivity index (χ4v) is 4.18. The molecule has 3 rings (SSSR count). The lowest BCUT2D eigenvalue weighted by atomic mass is 9.95. The number of carbonyl (C=O) groups excluding carboxylic acids is 1. The summed E-state index contributed by atoms with van der Waals surface area (Å²) in [6, 6.07) is 8.32. The molecule has 1 aliphatic rings. The quantitative estimate of drug-likeness (QED) is 0.765. The highest BCUT2D eigenvalue weighted by Crippen LogP contribution is 2.36. The average molecular weight is 360 g/mol. The van der Waals surface area contributed by atoms with Crippen LogP contribution in [0.2, 0.25) is 0 Å². The number of nitrogens with two attached hydrogens (primary N) is 1. The number of ether oxygens (including phenoxy) is 1. The van der Waals surface area contributed by atoms with Crippen molar-refractivity contribution in [2.75, 3.05) is 12.9 Å². The lowest BCUT2D eigenvalue weighted by Gasteiger charge is -2.25. The minimum atomic E-state index is -0.286. The van der Waals surface area contributed by atoms with Crippen molar-refractivity contribution in [1.29, 1.82) is 0 Å². The highest BCUT2D eigenvalue weighted by Gasteiger charge is 2.23. The van der Waals surface area contributed by atoms with Gasteiger partial charge in [-0.1, -0.05) is 31.0 Å². The second-order valence-corrected chi connectivity index (χ2v) is 7.32. The molecule has 0 saturated heterocycles. The first-order valence-electron chi connectivity index (χ1n) is 8.69. The maximum absolute atomic E-state index is 11.0. The van der Waals surface area contributed by atoms with Crippen LogP contribution in [0, 0.1) is 0 Å². The molecule has 25 heavy (non-hydrogen) atoms. The van der Waals surface area contributed by atoms with E-state index < -0.39 is 0 Å². The van der Waals surface area contributed by atoms with Crippen LogP contribution in [0.3, 0.4) is 0 Å². The topological polar surface area (TPSA) is 83.0 Å². The number of methoxy groups -OCH3 is 1. The minimum absolute atomic E-state index is 0.286. The van der Waals surface area contributed by atoms with E-state index in [2.05, 4.69) is 14.8 Å². The largest absolute Gasteiger partial charge is 0.497 e. The Bertz CT molecular complexity index is 708. The van der Waals surface area contributed by atoms with Crippen molar-refractivity contribution < 1.29 is 9.53 Å². The predicted octanol–water partition coefficient (Wildman–Crippen LogP) is 3.43. The summed E-state index contributed by atoms with van der Waals surface area (Å²) in [6.45, 7) is 0. The molecular formula is C18H24N4O2S. The highest BCUT2D eigenvalue weighted by atomic mass is 32.2. The fraction of sp³-hybridized carbons (Fsp3) is 0.500. The van der Waals surface area contributed by atoms with Crippen LogP contribution in [0.1, 0.15) is 44.6 Å². The summed E-state index contributed by atoms with van der Waals surface area (Å²) >= 11 is 1.56. The molecule has 1 heterocycles. The van der Waals surface area contributed by atoms with Gasteiger partial charge in [-0.3, -0.25) is 9.36 Å². The van der Waals surface area contributed by atoms with E-state index in [-0.39, 0.29) is 5.91 Å². The van der Waals surface area contributed by atoms with Crippen LogP contribution in [-0.4, -0.2) is 33.5 Å². The Hall–Kier alpha value is -2.02. The second kappa shape index (κ2) is 8.38. The molecule has 1 aromatic heterocycles.